The van der Waals surface area contributed by atoms with E-state index in [2.05, 4.69) is 11.0 Å². The number of aliphatic hydroxyl groups excluding tert-OH is 1. The smallest absolute Gasteiger partial charge is 0.303 e. The maximum atomic E-state index is 10.8. The summed E-state index contributed by atoms with van der Waals surface area (Å²) in [6.07, 6.45) is 9.74. The minimum absolute atomic E-state index is 0.0263. The van der Waals surface area contributed by atoms with Gasteiger partial charge < -0.3 is 24.4 Å². The lowest BCUT2D eigenvalue weighted by atomic mass is 9.95. The Morgan fingerprint density at radius 2 is 2.00 bits per heavy atom. The quantitative estimate of drug-likeness (QED) is 0.455. The van der Waals surface area contributed by atoms with Crippen molar-refractivity contribution in [3.63, 3.8) is 0 Å². The van der Waals surface area contributed by atoms with Crippen molar-refractivity contribution < 1.29 is 29.2 Å². The first-order chi connectivity index (χ1) is 13.6. The second-order valence-corrected chi connectivity index (χ2v) is 8.07. The van der Waals surface area contributed by atoms with E-state index in [9.17, 15) is 9.90 Å². The topological polar surface area (TPSA) is 88.5 Å². The van der Waals surface area contributed by atoms with Crippen LogP contribution in [0, 0.1) is 5.92 Å². The standard InChI is InChI=1S/C21H35NO6/c23-17-15-18(28-20-9-5-6-12-27-20)21(22-10-13-26-14-11-22)16(17)7-3-1-2-4-8-19(24)25/h1,3,16-18,20-21,23H,2,4-15H2,(H,24,25)/b3-1-/t16-,17-,18+,20?,21+/m1/s1. The maximum Gasteiger partial charge on any atom is 0.303 e. The summed E-state index contributed by atoms with van der Waals surface area (Å²) in [4.78, 5) is 13.0. The van der Waals surface area contributed by atoms with Crippen molar-refractivity contribution >= 4 is 5.97 Å². The third kappa shape index (κ3) is 6.26. The molecule has 0 aromatic heterocycles. The molecule has 1 aliphatic carbocycles. The van der Waals surface area contributed by atoms with E-state index >= 15 is 0 Å². The molecule has 0 amide bonds. The van der Waals surface area contributed by atoms with E-state index in [1.807, 2.05) is 6.08 Å². The van der Waals surface area contributed by atoms with Gasteiger partial charge in [0.2, 0.25) is 0 Å². The van der Waals surface area contributed by atoms with Crippen molar-refractivity contribution in [3.05, 3.63) is 12.2 Å². The Hall–Kier alpha value is -0.990. The number of carboxylic acids is 1. The summed E-state index contributed by atoms with van der Waals surface area (Å²) in [5, 5.41) is 19.5. The van der Waals surface area contributed by atoms with Crippen molar-refractivity contribution in [3.8, 4) is 0 Å². The lowest BCUT2D eigenvalue weighted by molar-refractivity contribution is -0.200. The van der Waals surface area contributed by atoms with E-state index in [1.165, 1.54) is 0 Å². The van der Waals surface area contributed by atoms with Gasteiger partial charge in [0.1, 0.15) is 0 Å². The molecule has 160 valence electrons. The zero-order valence-electron chi connectivity index (χ0n) is 16.7. The summed E-state index contributed by atoms with van der Waals surface area (Å²) in [7, 11) is 0. The normalized spacial score (nSPS) is 34.8. The average molecular weight is 398 g/mol. The minimum atomic E-state index is -0.753. The van der Waals surface area contributed by atoms with Gasteiger partial charge in [-0.05, 0) is 38.5 Å². The molecule has 0 radical (unpaired) electrons. The summed E-state index contributed by atoms with van der Waals surface area (Å²) in [5.74, 6) is -0.640. The maximum absolute atomic E-state index is 10.8. The molecular weight excluding hydrogens is 362 g/mol. The van der Waals surface area contributed by atoms with Gasteiger partial charge in [0.15, 0.2) is 6.29 Å². The van der Waals surface area contributed by atoms with Gasteiger partial charge in [0, 0.05) is 44.5 Å². The molecule has 0 spiro atoms. The third-order valence-corrected chi connectivity index (χ3v) is 6.06. The molecule has 0 aromatic rings. The zero-order valence-corrected chi connectivity index (χ0v) is 16.7. The van der Waals surface area contributed by atoms with Gasteiger partial charge in [-0.1, -0.05) is 12.2 Å². The number of unbranched alkanes of at least 4 members (excludes halogenated alkanes) is 1. The van der Waals surface area contributed by atoms with Crippen LogP contribution in [0.1, 0.15) is 51.4 Å². The van der Waals surface area contributed by atoms with E-state index in [1.54, 1.807) is 0 Å². The summed E-state index contributed by atoms with van der Waals surface area (Å²) >= 11 is 0. The van der Waals surface area contributed by atoms with Gasteiger partial charge in [-0.15, -0.1) is 0 Å². The van der Waals surface area contributed by atoms with Crippen molar-refractivity contribution in [2.24, 2.45) is 5.92 Å². The Bertz CT molecular complexity index is 501. The highest BCUT2D eigenvalue weighted by atomic mass is 16.7. The molecule has 3 aliphatic rings. The fraction of sp³-hybridized carbons (Fsp3) is 0.857. The summed E-state index contributed by atoms with van der Waals surface area (Å²) in [5.41, 5.74) is 0. The number of hydrogen-bond donors (Lipinski definition) is 2. The van der Waals surface area contributed by atoms with Crippen molar-refractivity contribution in [1.82, 2.24) is 4.90 Å². The number of morpholine rings is 1. The Labute approximate surface area is 167 Å². The van der Waals surface area contributed by atoms with Crippen LogP contribution in [-0.2, 0) is 19.0 Å². The Balaban J connectivity index is 1.59. The highest BCUT2D eigenvalue weighted by Crippen LogP contribution is 2.37. The van der Waals surface area contributed by atoms with Gasteiger partial charge in [-0.3, -0.25) is 9.69 Å². The van der Waals surface area contributed by atoms with Crippen LogP contribution < -0.4 is 0 Å². The number of carboxylic acid groups (broad SMARTS) is 1. The molecule has 2 N–H and O–H groups in total. The molecule has 2 heterocycles. The van der Waals surface area contributed by atoms with Crippen LogP contribution in [0.4, 0.5) is 0 Å². The lowest BCUT2D eigenvalue weighted by Crippen LogP contribution is -2.51. The van der Waals surface area contributed by atoms with Crippen LogP contribution in [0.3, 0.4) is 0 Å². The molecule has 3 rings (SSSR count). The molecule has 3 fully saturated rings. The molecule has 7 nitrogen and oxygen atoms in total. The molecule has 28 heavy (non-hydrogen) atoms. The van der Waals surface area contributed by atoms with E-state index in [0.717, 1.165) is 65.0 Å². The second kappa shape index (κ2) is 11.3. The summed E-state index contributed by atoms with van der Waals surface area (Å²) in [6.45, 7) is 3.92. The minimum Gasteiger partial charge on any atom is -0.481 e. The highest BCUT2D eigenvalue weighted by molar-refractivity contribution is 5.66. The highest BCUT2D eigenvalue weighted by Gasteiger charge is 2.46. The molecular formula is C21H35NO6. The van der Waals surface area contributed by atoms with Gasteiger partial charge in [-0.2, -0.15) is 0 Å². The van der Waals surface area contributed by atoms with E-state index < -0.39 is 12.1 Å². The number of aliphatic carboxylic acids is 1. The molecule has 1 unspecified atom stereocenters. The Morgan fingerprint density at radius 3 is 2.71 bits per heavy atom. The molecule has 2 aliphatic heterocycles. The fourth-order valence-corrected chi connectivity index (χ4v) is 4.63. The number of carbonyl (C=O) groups is 1. The monoisotopic (exact) mass is 397 g/mol. The van der Waals surface area contributed by atoms with E-state index in [0.29, 0.717) is 12.8 Å². The predicted molar refractivity (Wildman–Crippen MR) is 104 cm³/mol. The summed E-state index contributed by atoms with van der Waals surface area (Å²) < 4.78 is 17.6. The Morgan fingerprint density at radius 1 is 1.18 bits per heavy atom. The van der Waals surface area contributed by atoms with Gasteiger partial charge in [-0.25, -0.2) is 0 Å². The first-order valence-electron chi connectivity index (χ1n) is 10.8. The number of aliphatic hydroxyl groups is 1. The van der Waals surface area contributed by atoms with Crippen LogP contribution in [0.15, 0.2) is 12.2 Å². The molecule has 0 bridgehead atoms. The molecule has 5 atom stereocenters. The fourth-order valence-electron chi connectivity index (χ4n) is 4.63. The first-order valence-corrected chi connectivity index (χ1v) is 10.8. The Kier molecular flexibility index (Phi) is 8.73. The lowest BCUT2D eigenvalue weighted by Gasteiger charge is -2.39. The SMILES string of the molecule is O=C(O)CCC/C=C\C[C@H]1[C@H](N2CCOCC2)[C@@H](OC2CCCCO2)C[C@H]1O. The van der Waals surface area contributed by atoms with Gasteiger partial charge >= 0.3 is 5.97 Å². The predicted octanol–water partition coefficient (Wildman–Crippen LogP) is 2.18. The van der Waals surface area contributed by atoms with Crippen molar-refractivity contribution in [1.29, 1.82) is 0 Å². The van der Waals surface area contributed by atoms with Crippen LogP contribution >= 0.6 is 0 Å². The number of allylic oxidation sites excluding steroid dienone is 2. The van der Waals surface area contributed by atoms with Crippen molar-refractivity contribution in [2.45, 2.75) is 75.9 Å². The average Bonchev–Trinajstić information content (AvgIpc) is 3.00. The summed E-state index contributed by atoms with van der Waals surface area (Å²) in [6, 6.07) is 0.160. The van der Waals surface area contributed by atoms with Crippen LogP contribution in [0.5, 0.6) is 0 Å². The number of ether oxygens (including phenoxy) is 3. The van der Waals surface area contributed by atoms with E-state index in [-0.39, 0.29) is 30.8 Å². The number of hydrogen-bond acceptors (Lipinski definition) is 6. The zero-order chi connectivity index (χ0) is 19.8. The van der Waals surface area contributed by atoms with Crippen LogP contribution in [0.25, 0.3) is 0 Å². The largest absolute Gasteiger partial charge is 0.481 e. The molecule has 0 aromatic carbocycles. The first kappa shape index (κ1) is 21.7. The van der Waals surface area contributed by atoms with Crippen LogP contribution in [0.2, 0.25) is 0 Å². The number of rotatable bonds is 9. The number of nitrogens with zero attached hydrogens (tertiary/aromatic N) is 1. The molecule has 7 heteroatoms. The van der Waals surface area contributed by atoms with Crippen molar-refractivity contribution in [2.75, 3.05) is 32.9 Å². The van der Waals surface area contributed by atoms with Crippen LogP contribution in [-0.4, -0.2) is 78.5 Å². The van der Waals surface area contributed by atoms with Gasteiger partial charge in [0.05, 0.1) is 25.4 Å². The molecule has 1 saturated carbocycles. The van der Waals surface area contributed by atoms with Gasteiger partial charge in [0.25, 0.3) is 0 Å². The van der Waals surface area contributed by atoms with E-state index in [4.69, 9.17) is 19.3 Å². The molecule has 2 saturated heterocycles. The second-order valence-electron chi connectivity index (χ2n) is 8.07. The third-order valence-electron chi connectivity index (χ3n) is 6.06.